The average Bonchev–Trinajstić information content (AvgIpc) is 2.70. The van der Waals surface area contributed by atoms with E-state index in [0.29, 0.717) is 28.6 Å². The van der Waals surface area contributed by atoms with Gasteiger partial charge >= 0.3 is 0 Å². The Bertz CT molecular complexity index is 706. The van der Waals surface area contributed by atoms with Crippen molar-refractivity contribution in [3.05, 3.63) is 46.6 Å². The van der Waals surface area contributed by atoms with Crippen LogP contribution in [0.3, 0.4) is 0 Å². The van der Waals surface area contributed by atoms with E-state index in [1.165, 1.54) is 19.3 Å². The zero-order valence-corrected chi connectivity index (χ0v) is 16.8. The van der Waals surface area contributed by atoms with E-state index < -0.39 is 0 Å². The molecule has 1 aliphatic rings. The van der Waals surface area contributed by atoms with E-state index in [1.807, 2.05) is 24.3 Å². The van der Waals surface area contributed by atoms with Gasteiger partial charge in [-0.25, -0.2) is 4.98 Å². The van der Waals surface area contributed by atoms with Gasteiger partial charge in [0, 0.05) is 30.9 Å². The van der Waals surface area contributed by atoms with E-state index in [-0.39, 0.29) is 0 Å². The number of halogens is 2. The highest BCUT2D eigenvalue weighted by Gasteiger charge is 2.12. The van der Waals surface area contributed by atoms with Gasteiger partial charge in [0.25, 0.3) is 0 Å². The summed E-state index contributed by atoms with van der Waals surface area (Å²) in [5.41, 5.74) is 1.91. The van der Waals surface area contributed by atoms with Crippen LogP contribution in [0.25, 0.3) is 0 Å². The number of anilines is 2. The average molecular weight is 409 g/mol. The van der Waals surface area contributed by atoms with Crippen LogP contribution in [0.5, 0.6) is 5.88 Å². The third-order valence-electron chi connectivity index (χ3n) is 4.57. The zero-order chi connectivity index (χ0) is 18.9. The molecule has 1 aromatic carbocycles. The SMILES string of the molecule is Clc1ccc(NCCNc2ccc(OCCC3CCCCN3)nc2)cc1Cl. The molecule has 0 amide bonds. The molecule has 0 saturated carbocycles. The second kappa shape index (κ2) is 10.6. The summed E-state index contributed by atoms with van der Waals surface area (Å²) >= 11 is 11.9. The summed E-state index contributed by atoms with van der Waals surface area (Å²) in [6.07, 6.45) is 6.68. The normalized spacial score (nSPS) is 16.7. The van der Waals surface area contributed by atoms with Gasteiger partial charge in [0.2, 0.25) is 5.88 Å². The number of hydrogen-bond donors (Lipinski definition) is 3. The van der Waals surface area contributed by atoms with Crippen LogP contribution in [0, 0.1) is 0 Å². The van der Waals surface area contributed by atoms with Crippen molar-refractivity contribution in [2.45, 2.75) is 31.7 Å². The van der Waals surface area contributed by atoms with E-state index in [9.17, 15) is 0 Å². The number of aromatic nitrogens is 1. The molecule has 146 valence electrons. The lowest BCUT2D eigenvalue weighted by molar-refractivity contribution is 0.260. The number of hydrogen-bond acceptors (Lipinski definition) is 5. The minimum Gasteiger partial charge on any atom is -0.478 e. The van der Waals surface area contributed by atoms with Crippen molar-refractivity contribution in [3.63, 3.8) is 0 Å². The van der Waals surface area contributed by atoms with E-state index in [1.54, 1.807) is 12.3 Å². The first kappa shape index (κ1) is 20.1. The van der Waals surface area contributed by atoms with E-state index in [0.717, 1.165) is 37.4 Å². The molecule has 0 aliphatic carbocycles. The van der Waals surface area contributed by atoms with Gasteiger partial charge in [-0.2, -0.15) is 0 Å². The minimum absolute atomic E-state index is 0.550. The van der Waals surface area contributed by atoms with Gasteiger partial charge in [0.05, 0.1) is 28.5 Å². The van der Waals surface area contributed by atoms with Crippen LogP contribution >= 0.6 is 23.2 Å². The van der Waals surface area contributed by atoms with Crippen molar-refractivity contribution in [2.75, 3.05) is 36.9 Å². The van der Waals surface area contributed by atoms with Gasteiger partial charge in [-0.05, 0) is 50.1 Å². The quantitative estimate of drug-likeness (QED) is 0.519. The summed E-state index contributed by atoms with van der Waals surface area (Å²) in [4.78, 5) is 4.36. The smallest absolute Gasteiger partial charge is 0.213 e. The zero-order valence-electron chi connectivity index (χ0n) is 15.3. The lowest BCUT2D eigenvalue weighted by Crippen LogP contribution is -2.35. The summed E-state index contributed by atoms with van der Waals surface area (Å²) in [6.45, 7) is 3.34. The Morgan fingerprint density at radius 2 is 1.85 bits per heavy atom. The van der Waals surface area contributed by atoms with Gasteiger partial charge in [-0.15, -0.1) is 0 Å². The highest BCUT2D eigenvalue weighted by molar-refractivity contribution is 6.42. The molecule has 1 aliphatic heterocycles. The van der Waals surface area contributed by atoms with Gasteiger partial charge < -0.3 is 20.7 Å². The number of nitrogens with zero attached hydrogens (tertiary/aromatic N) is 1. The second-order valence-electron chi connectivity index (χ2n) is 6.65. The Morgan fingerprint density at radius 1 is 1.04 bits per heavy atom. The molecule has 1 aromatic heterocycles. The van der Waals surface area contributed by atoms with Gasteiger partial charge in [-0.1, -0.05) is 29.6 Å². The predicted octanol–water partition coefficient (Wildman–Crippen LogP) is 4.82. The molecule has 1 atom stereocenters. The molecule has 2 heterocycles. The molecular formula is C20H26Cl2N4O. The van der Waals surface area contributed by atoms with Crippen LogP contribution < -0.4 is 20.7 Å². The first-order valence-electron chi connectivity index (χ1n) is 9.46. The van der Waals surface area contributed by atoms with E-state index in [2.05, 4.69) is 20.9 Å². The van der Waals surface area contributed by atoms with Gasteiger partial charge in [0.1, 0.15) is 0 Å². The lowest BCUT2D eigenvalue weighted by Gasteiger charge is -2.23. The number of rotatable bonds is 9. The maximum Gasteiger partial charge on any atom is 0.213 e. The first-order chi connectivity index (χ1) is 13.2. The maximum absolute atomic E-state index is 6.01. The monoisotopic (exact) mass is 408 g/mol. The Labute approximate surface area is 170 Å². The molecule has 27 heavy (non-hydrogen) atoms. The number of benzene rings is 1. The summed E-state index contributed by atoms with van der Waals surface area (Å²) in [5.74, 6) is 0.672. The number of pyridine rings is 1. The molecule has 1 unspecified atom stereocenters. The topological polar surface area (TPSA) is 58.2 Å². The van der Waals surface area contributed by atoms with E-state index in [4.69, 9.17) is 27.9 Å². The second-order valence-corrected chi connectivity index (χ2v) is 7.47. The van der Waals surface area contributed by atoms with Crippen molar-refractivity contribution in [1.82, 2.24) is 10.3 Å². The Hall–Kier alpha value is -1.69. The molecule has 2 aromatic rings. The van der Waals surface area contributed by atoms with Crippen LogP contribution in [0.4, 0.5) is 11.4 Å². The molecule has 3 N–H and O–H groups in total. The summed E-state index contributed by atoms with van der Waals surface area (Å²) in [7, 11) is 0. The summed E-state index contributed by atoms with van der Waals surface area (Å²) < 4.78 is 5.75. The minimum atomic E-state index is 0.550. The Morgan fingerprint density at radius 3 is 2.56 bits per heavy atom. The van der Waals surface area contributed by atoms with E-state index >= 15 is 0 Å². The molecular weight excluding hydrogens is 383 g/mol. The van der Waals surface area contributed by atoms with Crippen LogP contribution in [0.15, 0.2) is 36.5 Å². The largest absolute Gasteiger partial charge is 0.478 e. The standard InChI is InChI=1S/C20H26Cl2N4O/c21-18-6-4-16(13-19(18)22)24-10-11-25-17-5-7-20(26-14-17)27-12-8-15-3-1-2-9-23-15/h4-7,13-15,23-25H,1-3,8-12H2. The molecule has 0 bridgehead atoms. The van der Waals surface area contributed by atoms with Crippen LogP contribution in [-0.2, 0) is 0 Å². The molecule has 0 radical (unpaired) electrons. The van der Waals surface area contributed by atoms with Crippen molar-refractivity contribution in [2.24, 2.45) is 0 Å². The fraction of sp³-hybridized carbons (Fsp3) is 0.450. The number of nitrogens with one attached hydrogen (secondary N) is 3. The van der Waals surface area contributed by atoms with Crippen LogP contribution in [0.1, 0.15) is 25.7 Å². The van der Waals surface area contributed by atoms with Crippen LogP contribution in [-0.4, -0.2) is 37.3 Å². The highest BCUT2D eigenvalue weighted by atomic mass is 35.5. The third-order valence-corrected chi connectivity index (χ3v) is 5.31. The molecule has 1 saturated heterocycles. The molecule has 1 fully saturated rings. The number of ether oxygens (including phenoxy) is 1. The molecule has 7 heteroatoms. The van der Waals surface area contributed by atoms with Crippen molar-refractivity contribution in [1.29, 1.82) is 0 Å². The number of piperidine rings is 1. The fourth-order valence-electron chi connectivity index (χ4n) is 3.07. The van der Waals surface area contributed by atoms with Crippen molar-refractivity contribution >= 4 is 34.6 Å². The highest BCUT2D eigenvalue weighted by Crippen LogP contribution is 2.24. The molecule has 3 rings (SSSR count). The van der Waals surface area contributed by atoms with Crippen molar-refractivity contribution < 1.29 is 4.74 Å². The van der Waals surface area contributed by atoms with Gasteiger partial charge in [0.15, 0.2) is 0 Å². The molecule has 5 nitrogen and oxygen atoms in total. The van der Waals surface area contributed by atoms with Crippen LogP contribution in [0.2, 0.25) is 10.0 Å². The fourth-order valence-corrected chi connectivity index (χ4v) is 3.36. The lowest BCUT2D eigenvalue weighted by atomic mass is 10.0. The first-order valence-corrected chi connectivity index (χ1v) is 10.2. The molecule has 0 spiro atoms. The predicted molar refractivity (Wildman–Crippen MR) is 113 cm³/mol. The Kier molecular flexibility index (Phi) is 7.87. The van der Waals surface area contributed by atoms with Gasteiger partial charge in [-0.3, -0.25) is 0 Å². The summed E-state index contributed by atoms with van der Waals surface area (Å²) in [6, 6.07) is 9.99. The Balaban J connectivity index is 1.33. The third kappa shape index (κ3) is 6.76. The summed E-state index contributed by atoms with van der Waals surface area (Å²) in [5, 5.41) is 11.3. The van der Waals surface area contributed by atoms with Crippen molar-refractivity contribution in [3.8, 4) is 5.88 Å². The maximum atomic E-state index is 6.01.